The number of primary amides is 1. The Kier molecular flexibility index (Phi) is 7.57. The highest BCUT2D eigenvalue weighted by Crippen LogP contribution is 2.31. The number of halogens is 3. The first-order valence-corrected chi connectivity index (χ1v) is 7.72. The van der Waals surface area contributed by atoms with Gasteiger partial charge in [-0.3, -0.25) is 9.59 Å². The largest absolute Gasteiger partial charge is 0.490 e. The lowest BCUT2D eigenvalue weighted by Gasteiger charge is -2.13. The second-order valence-electron chi connectivity index (χ2n) is 4.92. The summed E-state index contributed by atoms with van der Waals surface area (Å²) >= 11 is 12.0. The Hall–Kier alpha value is -1.93. The zero-order chi connectivity index (χ0) is 17.9. The molecule has 0 saturated heterocycles. The van der Waals surface area contributed by atoms with Crippen LogP contribution in [0.1, 0.15) is 26.5 Å². The van der Waals surface area contributed by atoms with E-state index in [1.165, 1.54) is 18.2 Å². The van der Waals surface area contributed by atoms with Crippen LogP contribution in [0.3, 0.4) is 0 Å². The molecule has 0 bridgehead atoms. The van der Waals surface area contributed by atoms with Crippen molar-refractivity contribution in [3.8, 4) is 5.75 Å². The molecule has 25 heavy (non-hydrogen) atoms. The predicted octanol–water partition coefficient (Wildman–Crippen LogP) is 2.74. The van der Waals surface area contributed by atoms with Gasteiger partial charge in [0.15, 0.2) is 0 Å². The number of carbonyl (C=O) groups excluding carboxylic acids is 2. The van der Waals surface area contributed by atoms with Crippen molar-refractivity contribution in [3.05, 3.63) is 45.2 Å². The van der Waals surface area contributed by atoms with E-state index in [2.05, 4.69) is 10.3 Å². The summed E-state index contributed by atoms with van der Waals surface area (Å²) in [4.78, 5) is 26.6. The second-order valence-corrected chi connectivity index (χ2v) is 5.68. The van der Waals surface area contributed by atoms with E-state index in [4.69, 9.17) is 39.4 Å². The van der Waals surface area contributed by atoms with E-state index in [0.717, 1.165) is 0 Å². The number of benzene rings is 1. The molecular formula is C15H17Cl3N4O3. The molecule has 2 amide bonds. The SMILES string of the molecule is Cc1[nH]c(C(=O)Nc2cc(C(N)=O)ccc2OCCN)c(Cl)c1Cl.Cl. The summed E-state index contributed by atoms with van der Waals surface area (Å²) in [6.07, 6.45) is 0. The van der Waals surface area contributed by atoms with Crippen molar-refractivity contribution in [2.24, 2.45) is 11.5 Å². The number of ether oxygens (including phenoxy) is 1. The van der Waals surface area contributed by atoms with Crippen LogP contribution in [0.5, 0.6) is 5.75 Å². The lowest BCUT2D eigenvalue weighted by atomic mass is 10.1. The average Bonchev–Trinajstić information content (AvgIpc) is 2.81. The van der Waals surface area contributed by atoms with Crippen LogP contribution in [0.15, 0.2) is 18.2 Å². The Bertz CT molecular complexity index is 793. The fraction of sp³-hybridized carbons (Fsp3) is 0.200. The minimum atomic E-state index is -0.632. The fourth-order valence-electron chi connectivity index (χ4n) is 1.99. The maximum absolute atomic E-state index is 12.4. The summed E-state index contributed by atoms with van der Waals surface area (Å²) in [6, 6.07) is 4.43. The predicted molar refractivity (Wildman–Crippen MR) is 100 cm³/mol. The number of carbonyl (C=O) groups is 2. The minimum Gasteiger partial charge on any atom is -0.490 e. The third-order valence-corrected chi connectivity index (χ3v) is 4.12. The number of H-pyrrole nitrogens is 1. The molecular weight excluding hydrogens is 391 g/mol. The summed E-state index contributed by atoms with van der Waals surface area (Å²) in [6.45, 7) is 2.23. The number of aryl methyl sites for hydroxylation is 1. The molecule has 136 valence electrons. The number of hydrogen-bond donors (Lipinski definition) is 4. The van der Waals surface area contributed by atoms with Crippen molar-refractivity contribution in [1.82, 2.24) is 4.98 Å². The Morgan fingerprint density at radius 3 is 2.48 bits per heavy atom. The van der Waals surface area contributed by atoms with Gasteiger partial charge in [0, 0.05) is 17.8 Å². The van der Waals surface area contributed by atoms with Gasteiger partial charge in [0.05, 0.1) is 15.7 Å². The molecule has 1 aromatic carbocycles. The topological polar surface area (TPSA) is 123 Å². The molecule has 7 nitrogen and oxygen atoms in total. The normalized spacial score (nSPS) is 10.1. The Labute approximate surface area is 160 Å². The van der Waals surface area contributed by atoms with Crippen molar-refractivity contribution in [2.75, 3.05) is 18.5 Å². The fourth-order valence-corrected chi connectivity index (χ4v) is 2.41. The number of anilines is 1. The first-order chi connectivity index (χ1) is 11.3. The van der Waals surface area contributed by atoms with Crippen LogP contribution < -0.4 is 21.5 Å². The Balaban J connectivity index is 0.00000312. The lowest BCUT2D eigenvalue weighted by Crippen LogP contribution is -2.17. The first-order valence-electron chi connectivity index (χ1n) is 6.96. The van der Waals surface area contributed by atoms with E-state index in [-0.39, 0.29) is 46.0 Å². The standard InChI is InChI=1S/C15H16Cl2N4O3.ClH/c1-7-11(16)12(17)13(20-7)15(23)21-9-6-8(14(19)22)2-3-10(9)24-5-4-18;/h2-3,6,20H,4-5,18H2,1H3,(H2,19,22)(H,21,23);1H. The first kappa shape index (κ1) is 21.1. The van der Waals surface area contributed by atoms with Crippen LogP contribution in [-0.2, 0) is 0 Å². The number of nitrogens with two attached hydrogens (primary N) is 2. The van der Waals surface area contributed by atoms with Gasteiger partial charge >= 0.3 is 0 Å². The van der Waals surface area contributed by atoms with Gasteiger partial charge in [-0.05, 0) is 25.1 Å². The third-order valence-electron chi connectivity index (χ3n) is 3.17. The van der Waals surface area contributed by atoms with Crippen molar-refractivity contribution in [2.45, 2.75) is 6.92 Å². The van der Waals surface area contributed by atoms with Crippen molar-refractivity contribution >= 4 is 53.1 Å². The number of rotatable bonds is 6. The van der Waals surface area contributed by atoms with Gasteiger partial charge in [-0.15, -0.1) is 12.4 Å². The Morgan fingerprint density at radius 2 is 1.96 bits per heavy atom. The van der Waals surface area contributed by atoms with E-state index in [1.54, 1.807) is 6.92 Å². The van der Waals surface area contributed by atoms with Crippen LogP contribution in [0.4, 0.5) is 5.69 Å². The minimum absolute atomic E-state index is 0. The number of aromatic nitrogens is 1. The highest BCUT2D eigenvalue weighted by molar-refractivity contribution is 6.44. The molecule has 2 rings (SSSR count). The van der Waals surface area contributed by atoms with Gasteiger partial charge in [-0.1, -0.05) is 23.2 Å². The molecule has 0 fully saturated rings. The van der Waals surface area contributed by atoms with Crippen LogP contribution >= 0.6 is 35.6 Å². The Morgan fingerprint density at radius 1 is 1.28 bits per heavy atom. The van der Waals surface area contributed by atoms with Gasteiger partial charge in [-0.2, -0.15) is 0 Å². The highest BCUT2D eigenvalue weighted by Gasteiger charge is 2.20. The molecule has 0 spiro atoms. The highest BCUT2D eigenvalue weighted by atomic mass is 35.5. The van der Waals surface area contributed by atoms with Crippen molar-refractivity contribution in [1.29, 1.82) is 0 Å². The quantitative estimate of drug-likeness (QED) is 0.588. The maximum atomic E-state index is 12.4. The molecule has 0 aliphatic carbocycles. The van der Waals surface area contributed by atoms with E-state index in [1.807, 2.05) is 0 Å². The molecule has 0 atom stereocenters. The summed E-state index contributed by atoms with van der Waals surface area (Å²) in [5.41, 5.74) is 11.8. The summed E-state index contributed by atoms with van der Waals surface area (Å²) < 4.78 is 5.46. The van der Waals surface area contributed by atoms with Crippen LogP contribution in [0, 0.1) is 6.92 Å². The van der Waals surface area contributed by atoms with Gasteiger partial charge in [0.2, 0.25) is 5.91 Å². The van der Waals surface area contributed by atoms with E-state index >= 15 is 0 Å². The van der Waals surface area contributed by atoms with Gasteiger partial charge in [-0.25, -0.2) is 0 Å². The summed E-state index contributed by atoms with van der Waals surface area (Å²) in [5, 5.41) is 3.01. The molecule has 0 aliphatic heterocycles. The number of hydrogen-bond acceptors (Lipinski definition) is 4. The molecule has 1 aromatic heterocycles. The molecule has 0 saturated carbocycles. The molecule has 0 radical (unpaired) electrons. The number of nitrogens with one attached hydrogen (secondary N) is 2. The monoisotopic (exact) mass is 406 g/mol. The smallest absolute Gasteiger partial charge is 0.273 e. The number of amides is 2. The zero-order valence-electron chi connectivity index (χ0n) is 13.2. The van der Waals surface area contributed by atoms with Crippen molar-refractivity contribution < 1.29 is 14.3 Å². The molecule has 1 heterocycles. The van der Waals surface area contributed by atoms with E-state index in [9.17, 15) is 9.59 Å². The molecule has 6 N–H and O–H groups in total. The van der Waals surface area contributed by atoms with E-state index < -0.39 is 11.8 Å². The second kappa shape index (κ2) is 8.96. The van der Waals surface area contributed by atoms with Crippen LogP contribution in [0.2, 0.25) is 10.0 Å². The third kappa shape index (κ3) is 4.79. The van der Waals surface area contributed by atoms with Crippen LogP contribution in [-0.4, -0.2) is 29.9 Å². The maximum Gasteiger partial charge on any atom is 0.273 e. The molecule has 0 aliphatic rings. The van der Waals surface area contributed by atoms with E-state index in [0.29, 0.717) is 18.0 Å². The van der Waals surface area contributed by atoms with Crippen molar-refractivity contribution in [3.63, 3.8) is 0 Å². The zero-order valence-corrected chi connectivity index (χ0v) is 15.5. The molecule has 2 aromatic rings. The van der Waals surface area contributed by atoms with Gasteiger partial charge in [0.25, 0.3) is 5.91 Å². The van der Waals surface area contributed by atoms with Gasteiger partial charge in [0.1, 0.15) is 18.1 Å². The molecule has 10 heteroatoms. The summed E-state index contributed by atoms with van der Waals surface area (Å²) in [7, 11) is 0. The van der Waals surface area contributed by atoms with Crippen LogP contribution in [0.25, 0.3) is 0 Å². The lowest BCUT2D eigenvalue weighted by molar-refractivity contribution is 0.0995. The molecule has 0 unspecified atom stereocenters. The average molecular weight is 408 g/mol. The summed E-state index contributed by atoms with van der Waals surface area (Å²) in [5.74, 6) is -0.814. The van der Waals surface area contributed by atoms with Gasteiger partial charge < -0.3 is 26.5 Å². The number of aromatic amines is 1.